The lowest BCUT2D eigenvalue weighted by Gasteiger charge is -2.41. The fourth-order valence-corrected chi connectivity index (χ4v) is 8.42. The van der Waals surface area contributed by atoms with Gasteiger partial charge in [0.2, 0.25) is 12.5 Å². The van der Waals surface area contributed by atoms with Crippen molar-refractivity contribution >= 4 is 39.8 Å². The van der Waals surface area contributed by atoms with Gasteiger partial charge in [-0.15, -0.1) is 0 Å². The number of rotatable bonds is 7. The monoisotopic (exact) mass is 625 g/mol. The molecule has 2 aromatic carbocycles. The highest BCUT2D eigenvalue weighted by Gasteiger charge is 2.58. The third-order valence-electron chi connectivity index (χ3n) is 10.3. The molecule has 2 saturated carbocycles. The number of hydrogen-bond acceptors (Lipinski definition) is 7. The number of halogens is 1. The summed E-state index contributed by atoms with van der Waals surface area (Å²) in [6.07, 6.45) is 6.81. The number of likely N-dealkylation sites (N-methyl/N-ethyl adjacent to an activating group) is 1. The Morgan fingerprint density at radius 1 is 1.16 bits per heavy atom. The summed E-state index contributed by atoms with van der Waals surface area (Å²) in [4.78, 5) is 35.2. The number of carbonyl (C=O) groups is 1. The van der Waals surface area contributed by atoms with Crippen LogP contribution < -0.4 is 14.5 Å². The molecule has 1 saturated heterocycles. The minimum atomic E-state index is -0.239. The number of ether oxygens (including phenoxy) is 1. The van der Waals surface area contributed by atoms with Crippen molar-refractivity contribution in [3.8, 4) is 6.01 Å². The summed E-state index contributed by atoms with van der Waals surface area (Å²) in [5.41, 5.74) is 3.52. The van der Waals surface area contributed by atoms with Crippen LogP contribution in [0.2, 0.25) is 5.02 Å². The van der Waals surface area contributed by atoms with E-state index in [1.54, 1.807) is 4.90 Å². The summed E-state index contributed by atoms with van der Waals surface area (Å²) in [5, 5.41) is 2.90. The quantitative estimate of drug-likeness (QED) is 0.263. The lowest BCUT2D eigenvalue weighted by atomic mass is 9.99. The fourth-order valence-electron chi connectivity index (χ4n) is 8.14. The molecule has 0 unspecified atom stereocenters. The average molecular weight is 626 g/mol. The van der Waals surface area contributed by atoms with E-state index in [1.165, 1.54) is 25.3 Å². The van der Waals surface area contributed by atoms with Gasteiger partial charge >= 0.3 is 6.01 Å². The number of hydrogen-bond donors (Lipinski definition) is 0. The largest absolute Gasteiger partial charge is 0.458 e. The smallest absolute Gasteiger partial charge is 0.319 e. The number of aromatic nitrogens is 2. The van der Waals surface area contributed by atoms with E-state index in [-0.39, 0.29) is 24.6 Å². The Labute approximate surface area is 270 Å². The van der Waals surface area contributed by atoms with Crippen molar-refractivity contribution in [3.05, 3.63) is 76.8 Å². The van der Waals surface area contributed by atoms with Gasteiger partial charge in [0, 0.05) is 42.8 Å². The summed E-state index contributed by atoms with van der Waals surface area (Å²) in [6, 6.07) is 12.9. The molecule has 3 fully saturated rings. The first-order valence-corrected chi connectivity index (χ1v) is 16.4. The highest BCUT2D eigenvalue weighted by Crippen LogP contribution is 2.59. The van der Waals surface area contributed by atoms with Crippen molar-refractivity contribution in [1.82, 2.24) is 19.8 Å². The average Bonchev–Trinajstić information content (AvgIpc) is 3.73. The van der Waals surface area contributed by atoms with Gasteiger partial charge in [0.05, 0.1) is 23.3 Å². The predicted octanol–water partition coefficient (Wildman–Crippen LogP) is 5.22. The van der Waals surface area contributed by atoms with Crippen molar-refractivity contribution in [2.75, 3.05) is 56.6 Å². The Balaban J connectivity index is 1.25. The second-order valence-corrected chi connectivity index (χ2v) is 13.6. The zero-order chi connectivity index (χ0) is 31.3. The van der Waals surface area contributed by atoms with E-state index in [0.29, 0.717) is 43.6 Å². The molecule has 1 spiro atoms. The molecule has 3 heterocycles. The van der Waals surface area contributed by atoms with Gasteiger partial charge in [0.15, 0.2) is 0 Å². The van der Waals surface area contributed by atoms with Gasteiger partial charge in [-0.1, -0.05) is 42.4 Å². The molecule has 1 amide bonds. The molecular formula is C35H40ClN7O2. The Morgan fingerprint density at radius 2 is 1.96 bits per heavy atom. The minimum Gasteiger partial charge on any atom is -0.458 e. The maximum Gasteiger partial charge on any atom is 0.319 e. The van der Waals surface area contributed by atoms with Crippen molar-refractivity contribution in [1.29, 1.82) is 0 Å². The van der Waals surface area contributed by atoms with Crippen LogP contribution in [0.1, 0.15) is 36.9 Å². The number of nitrogens with zero attached hydrogens (tertiary/aromatic N) is 7. The molecule has 3 atom stereocenters. The highest BCUT2D eigenvalue weighted by molar-refractivity contribution is 6.36. The zero-order valence-corrected chi connectivity index (χ0v) is 26.8. The Hall–Kier alpha value is -3.87. The van der Waals surface area contributed by atoms with Crippen LogP contribution in [0.15, 0.2) is 49.1 Å². The maximum absolute atomic E-state index is 12.6. The number of benzene rings is 2. The predicted molar refractivity (Wildman–Crippen MR) is 178 cm³/mol. The Kier molecular flexibility index (Phi) is 7.83. The van der Waals surface area contributed by atoms with Crippen LogP contribution in [0.4, 0.5) is 11.5 Å². The molecule has 0 bridgehead atoms. The van der Waals surface area contributed by atoms with E-state index >= 15 is 0 Å². The molecule has 234 valence electrons. The van der Waals surface area contributed by atoms with Crippen LogP contribution in [0.5, 0.6) is 6.01 Å². The molecule has 2 aliphatic carbocycles. The van der Waals surface area contributed by atoms with Crippen molar-refractivity contribution in [3.63, 3.8) is 0 Å². The van der Waals surface area contributed by atoms with Crippen LogP contribution in [0, 0.1) is 12.0 Å². The van der Waals surface area contributed by atoms with Gasteiger partial charge in [0.25, 0.3) is 0 Å². The summed E-state index contributed by atoms with van der Waals surface area (Å²) in [5.74, 6) is 0.734. The van der Waals surface area contributed by atoms with E-state index in [1.807, 2.05) is 12.1 Å². The molecule has 7 rings (SSSR count). The Bertz CT molecular complexity index is 1680. The molecule has 1 aromatic heterocycles. The number of amides is 1. The summed E-state index contributed by atoms with van der Waals surface area (Å²) < 4.78 is 6.75. The minimum absolute atomic E-state index is 0.0295. The molecule has 3 aromatic rings. The first kappa shape index (κ1) is 29.8. The molecule has 0 radical (unpaired) electrons. The van der Waals surface area contributed by atoms with E-state index in [2.05, 4.69) is 64.5 Å². The van der Waals surface area contributed by atoms with Crippen molar-refractivity contribution in [2.45, 2.75) is 56.8 Å². The second-order valence-electron chi connectivity index (χ2n) is 13.2. The molecular weight excluding hydrogens is 586 g/mol. The van der Waals surface area contributed by atoms with Gasteiger partial charge < -0.3 is 29.2 Å². The molecule has 0 N–H and O–H groups in total. The van der Waals surface area contributed by atoms with Crippen LogP contribution >= 0.6 is 11.6 Å². The van der Waals surface area contributed by atoms with Crippen molar-refractivity contribution < 1.29 is 9.53 Å². The SMILES string of the molecule is [C-]#[N+]C[C@H]1CN(c2nc(O[C@@H]3CCC4(CC4)[C@H]3N(C)C)nc3c2CCN(c2cccc4cccc(Cl)c24)C3)CCN1C(=O)C=C. The lowest BCUT2D eigenvalue weighted by Crippen LogP contribution is -2.56. The molecule has 45 heavy (non-hydrogen) atoms. The van der Waals surface area contributed by atoms with Gasteiger partial charge in [-0.3, -0.25) is 4.79 Å². The number of carbonyl (C=O) groups excluding carboxylic acids is 1. The zero-order valence-electron chi connectivity index (χ0n) is 26.1. The highest BCUT2D eigenvalue weighted by atomic mass is 35.5. The molecule has 4 aliphatic rings. The van der Waals surface area contributed by atoms with Crippen molar-refractivity contribution in [2.24, 2.45) is 5.41 Å². The van der Waals surface area contributed by atoms with Crippen LogP contribution in [0.25, 0.3) is 15.6 Å². The number of anilines is 2. The topological polar surface area (TPSA) is 69.4 Å². The summed E-state index contributed by atoms with van der Waals surface area (Å²) in [6.45, 7) is 14.5. The third-order valence-corrected chi connectivity index (χ3v) is 10.7. The van der Waals surface area contributed by atoms with Gasteiger partial charge in [-0.2, -0.15) is 9.97 Å². The number of fused-ring (bicyclic) bond motifs is 2. The summed E-state index contributed by atoms with van der Waals surface area (Å²) >= 11 is 6.74. The molecule has 2 aliphatic heterocycles. The first-order valence-electron chi connectivity index (χ1n) is 16.0. The van der Waals surface area contributed by atoms with Gasteiger partial charge in [-0.25, -0.2) is 6.57 Å². The lowest BCUT2D eigenvalue weighted by molar-refractivity contribution is -0.128. The van der Waals surface area contributed by atoms with Crippen LogP contribution in [0.3, 0.4) is 0 Å². The van der Waals surface area contributed by atoms with E-state index in [0.717, 1.165) is 57.9 Å². The fraction of sp³-hybridized carbons (Fsp3) is 0.486. The van der Waals surface area contributed by atoms with E-state index in [9.17, 15) is 4.79 Å². The normalized spacial score (nSPS) is 23.7. The van der Waals surface area contributed by atoms with E-state index < -0.39 is 0 Å². The standard InChI is InChI=1S/C35H40ClN7O2/c1-5-30(44)43-19-18-42(21-24(43)20-37-2)33-25-13-17-41(28-11-7-9-23-8-6-10-26(36)31(23)28)22-27(25)38-34(39-33)45-29-12-14-35(15-16-35)32(29)40(3)4/h5-11,24,29,32H,1,12-22H2,3-4H3/t24-,29+,32-/m0/s1. The van der Waals surface area contributed by atoms with E-state index in [4.69, 9.17) is 32.9 Å². The molecule has 10 heteroatoms. The summed E-state index contributed by atoms with van der Waals surface area (Å²) in [7, 11) is 4.31. The number of piperazine rings is 1. The first-order chi connectivity index (χ1) is 21.8. The van der Waals surface area contributed by atoms with Crippen LogP contribution in [-0.4, -0.2) is 90.7 Å². The van der Waals surface area contributed by atoms with Crippen LogP contribution in [-0.2, 0) is 17.8 Å². The van der Waals surface area contributed by atoms with Gasteiger partial charge in [0.1, 0.15) is 18.0 Å². The second kappa shape index (κ2) is 11.8. The van der Waals surface area contributed by atoms with Gasteiger partial charge in [-0.05, 0) is 75.2 Å². The Morgan fingerprint density at radius 3 is 2.69 bits per heavy atom. The maximum atomic E-state index is 12.6. The third kappa shape index (κ3) is 5.38. The molecule has 9 nitrogen and oxygen atoms in total.